The van der Waals surface area contributed by atoms with Gasteiger partial charge >= 0.3 is 0 Å². The zero-order valence-corrected chi connectivity index (χ0v) is 9.18. The summed E-state index contributed by atoms with van der Waals surface area (Å²) in [6, 6.07) is 6.70. The Bertz CT molecular complexity index is 524. The zero-order chi connectivity index (χ0) is 12.7. The third-order valence-electron chi connectivity index (χ3n) is 1.88. The van der Waals surface area contributed by atoms with Crippen LogP contribution in [0.15, 0.2) is 55.2 Å². The molecule has 0 aromatic carbocycles. The number of pyridine rings is 1. The number of hydrogen-bond acceptors (Lipinski definition) is 3. The van der Waals surface area contributed by atoms with E-state index in [1.165, 1.54) is 18.2 Å². The summed E-state index contributed by atoms with van der Waals surface area (Å²) in [5.74, 6) is -0.0200. The summed E-state index contributed by atoms with van der Waals surface area (Å²) in [5, 5.41) is 11.2. The van der Waals surface area contributed by atoms with Gasteiger partial charge in [-0.3, -0.25) is 4.79 Å². The molecule has 4 nitrogen and oxygen atoms in total. The van der Waals surface area contributed by atoms with Gasteiger partial charge in [0.25, 0.3) is 5.91 Å². The molecule has 1 amide bonds. The monoisotopic (exact) mass is 225 g/mol. The maximum Gasteiger partial charge on any atom is 0.256 e. The first-order valence-corrected chi connectivity index (χ1v) is 4.85. The number of nitrogens with zero attached hydrogens (tertiary/aromatic N) is 2. The van der Waals surface area contributed by atoms with Gasteiger partial charge in [0.2, 0.25) is 0 Å². The standard InChI is InChI=1S/C13H11N3O/c1-3-6-10(4-2)13(17)16-12-8-5-7-11(9-14)15-12/h3-8H,1-2H2,(H,15,16,17)/b10-6+. The minimum atomic E-state index is -0.345. The summed E-state index contributed by atoms with van der Waals surface area (Å²) >= 11 is 0. The van der Waals surface area contributed by atoms with Crippen molar-refractivity contribution in [3.63, 3.8) is 0 Å². The molecule has 84 valence electrons. The first kappa shape index (κ1) is 12.4. The number of nitrogens with one attached hydrogen (secondary N) is 1. The maximum atomic E-state index is 11.7. The molecule has 0 fully saturated rings. The van der Waals surface area contributed by atoms with E-state index < -0.39 is 0 Å². The molecule has 0 atom stereocenters. The lowest BCUT2D eigenvalue weighted by molar-refractivity contribution is -0.112. The summed E-state index contributed by atoms with van der Waals surface area (Å²) in [4.78, 5) is 15.6. The Balaban J connectivity index is 2.88. The van der Waals surface area contributed by atoms with E-state index in [-0.39, 0.29) is 11.6 Å². The van der Waals surface area contributed by atoms with Crippen molar-refractivity contribution in [2.75, 3.05) is 5.32 Å². The summed E-state index contributed by atoms with van der Waals surface area (Å²) in [6.45, 7) is 7.03. The normalized spacial score (nSPS) is 10.2. The largest absolute Gasteiger partial charge is 0.307 e. The Hall–Kier alpha value is -2.67. The van der Waals surface area contributed by atoms with E-state index in [1.54, 1.807) is 18.2 Å². The van der Waals surface area contributed by atoms with Crippen molar-refractivity contribution in [1.82, 2.24) is 4.98 Å². The van der Waals surface area contributed by atoms with Gasteiger partial charge in [0, 0.05) is 5.57 Å². The van der Waals surface area contributed by atoms with Crippen LogP contribution >= 0.6 is 0 Å². The minimum Gasteiger partial charge on any atom is -0.307 e. The molecule has 0 aliphatic carbocycles. The van der Waals surface area contributed by atoms with Crippen LogP contribution in [-0.4, -0.2) is 10.9 Å². The van der Waals surface area contributed by atoms with Crippen molar-refractivity contribution in [2.24, 2.45) is 0 Å². The average Bonchev–Trinajstić information content (AvgIpc) is 2.36. The van der Waals surface area contributed by atoms with Crippen LogP contribution in [0.2, 0.25) is 0 Å². The van der Waals surface area contributed by atoms with Gasteiger partial charge in [-0.25, -0.2) is 4.98 Å². The van der Waals surface area contributed by atoms with Gasteiger partial charge in [0.15, 0.2) is 0 Å². The quantitative estimate of drug-likeness (QED) is 0.631. The van der Waals surface area contributed by atoms with E-state index in [4.69, 9.17) is 5.26 Å². The SMILES string of the molecule is C=C/C=C(\C=C)C(=O)Nc1cccc(C#N)n1. The van der Waals surface area contributed by atoms with E-state index in [0.717, 1.165) is 0 Å². The highest BCUT2D eigenvalue weighted by Gasteiger charge is 2.06. The smallest absolute Gasteiger partial charge is 0.256 e. The van der Waals surface area contributed by atoms with Gasteiger partial charge < -0.3 is 5.32 Å². The highest BCUT2D eigenvalue weighted by atomic mass is 16.1. The van der Waals surface area contributed by atoms with Crippen LogP contribution in [-0.2, 0) is 4.79 Å². The predicted molar refractivity (Wildman–Crippen MR) is 66.1 cm³/mol. The van der Waals surface area contributed by atoms with Crippen LogP contribution in [0.25, 0.3) is 0 Å². The molecule has 0 aliphatic rings. The van der Waals surface area contributed by atoms with E-state index in [9.17, 15) is 4.79 Å². The highest BCUT2D eigenvalue weighted by molar-refractivity contribution is 6.05. The van der Waals surface area contributed by atoms with Crippen molar-refractivity contribution in [2.45, 2.75) is 0 Å². The van der Waals surface area contributed by atoms with Crippen LogP contribution in [0.4, 0.5) is 5.82 Å². The van der Waals surface area contributed by atoms with Gasteiger partial charge in [-0.2, -0.15) is 5.26 Å². The van der Waals surface area contributed by atoms with Crippen LogP contribution in [0.3, 0.4) is 0 Å². The number of anilines is 1. The lowest BCUT2D eigenvalue weighted by Gasteiger charge is -2.04. The van der Waals surface area contributed by atoms with Crippen molar-refractivity contribution < 1.29 is 4.79 Å². The summed E-state index contributed by atoms with van der Waals surface area (Å²) in [7, 11) is 0. The van der Waals surface area contributed by atoms with E-state index in [2.05, 4.69) is 23.5 Å². The molecular formula is C13H11N3O. The number of carbonyl (C=O) groups is 1. The number of aromatic nitrogens is 1. The molecule has 4 heteroatoms. The number of hydrogen-bond donors (Lipinski definition) is 1. The summed E-state index contributed by atoms with van der Waals surface area (Å²) < 4.78 is 0. The second-order valence-corrected chi connectivity index (χ2v) is 3.04. The topological polar surface area (TPSA) is 65.8 Å². The number of carbonyl (C=O) groups excluding carboxylic acids is 1. The Morgan fingerprint density at radius 1 is 1.47 bits per heavy atom. The third kappa shape index (κ3) is 3.43. The Morgan fingerprint density at radius 3 is 2.82 bits per heavy atom. The molecule has 0 bridgehead atoms. The van der Waals surface area contributed by atoms with Crippen molar-refractivity contribution in [1.29, 1.82) is 5.26 Å². The van der Waals surface area contributed by atoms with Crippen LogP contribution in [0, 0.1) is 11.3 Å². The van der Waals surface area contributed by atoms with E-state index in [1.807, 2.05) is 6.07 Å². The maximum absolute atomic E-state index is 11.7. The number of amides is 1. The number of nitriles is 1. The molecule has 1 heterocycles. The fourth-order valence-corrected chi connectivity index (χ4v) is 1.12. The van der Waals surface area contributed by atoms with Crippen LogP contribution in [0.1, 0.15) is 5.69 Å². The molecule has 17 heavy (non-hydrogen) atoms. The highest BCUT2D eigenvalue weighted by Crippen LogP contribution is 2.07. The van der Waals surface area contributed by atoms with Gasteiger partial charge in [0.05, 0.1) is 0 Å². The Kier molecular flexibility index (Phi) is 4.40. The number of allylic oxidation sites excluding steroid dienone is 2. The second-order valence-electron chi connectivity index (χ2n) is 3.04. The summed E-state index contributed by atoms with van der Waals surface area (Å²) in [5.41, 5.74) is 0.625. The molecule has 0 radical (unpaired) electrons. The number of rotatable bonds is 4. The molecule has 1 N–H and O–H groups in total. The van der Waals surface area contributed by atoms with E-state index in [0.29, 0.717) is 11.4 Å². The fourth-order valence-electron chi connectivity index (χ4n) is 1.12. The van der Waals surface area contributed by atoms with Gasteiger partial charge in [0.1, 0.15) is 17.6 Å². The van der Waals surface area contributed by atoms with Crippen LogP contribution in [0.5, 0.6) is 0 Å². The Labute approximate surface area is 99.6 Å². The lowest BCUT2D eigenvalue weighted by atomic mass is 10.2. The molecule has 1 rings (SSSR count). The molecular weight excluding hydrogens is 214 g/mol. The minimum absolute atomic E-state index is 0.246. The molecule has 0 aliphatic heterocycles. The van der Waals surface area contributed by atoms with Gasteiger partial charge in [-0.05, 0) is 12.1 Å². The second kappa shape index (κ2) is 6.03. The predicted octanol–water partition coefficient (Wildman–Crippen LogP) is 2.19. The Morgan fingerprint density at radius 2 is 2.24 bits per heavy atom. The van der Waals surface area contributed by atoms with E-state index >= 15 is 0 Å². The van der Waals surface area contributed by atoms with Crippen molar-refractivity contribution in [3.05, 3.63) is 60.9 Å². The molecule has 1 aromatic rings. The molecule has 0 spiro atoms. The van der Waals surface area contributed by atoms with Gasteiger partial charge in [-0.15, -0.1) is 0 Å². The van der Waals surface area contributed by atoms with Gasteiger partial charge in [-0.1, -0.05) is 37.5 Å². The first-order valence-electron chi connectivity index (χ1n) is 4.85. The molecule has 0 unspecified atom stereocenters. The third-order valence-corrected chi connectivity index (χ3v) is 1.88. The zero-order valence-electron chi connectivity index (χ0n) is 9.18. The molecule has 0 saturated heterocycles. The van der Waals surface area contributed by atoms with Crippen molar-refractivity contribution >= 4 is 11.7 Å². The molecule has 0 saturated carbocycles. The van der Waals surface area contributed by atoms with Crippen molar-refractivity contribution in [3.8, 4) is 6.07 Å². The summed E-state index contributed by atoms with van der Waals surface area (Å²) in [6.07, 6.45) is 4.46. The fraction of sp³-hybridized carbons (Fsp3) is 0. The first-order chi connectivity index (χ1) is 8.21. The molecule has 1 aromatic heterocycles. The average molecular weight is 225 g/mol. The lowest BCUT2D eigenvalue weighted by Crippen LogP contribution is -2.14. The van der Waals surface area contributed by atoms with Crippen LogP contribution < -0.4 is 5.32 Å².